The quantitative estimate of drug-likeness (QED) is 0.0809. The third-order valence-electron chi connectivity index (χ3n) is 13.3. The van der Waals surface area contributed by atoms with Crippen molar-refractivity contribution in [3.63, 3.8) is 0 Å². The smallest absolute Gasteiger partial charge is 0.245 e. The molecular formula is C53H57ClN14O7. The van der Waals surface area contributed by atoms with Crippen LogP contribution in [-0.2, 0) is 24.0 Å². The molecule has 9 rings (SSSR count). The molecule has 4 atom stereocenters. The van der Waals surface area contributed by atoms with Crippen molar-refractivity contribution in [3.8, 4) is 22.9 Å². The minimum Gasteiger partial charge on any atom is -0.497 e. The number of ether oxygens (including phenoxy) is 2. The van der Waals surface area contributed by atoms with Gasteiger partial charge < -0.3 is 41.0 Å². The first-order valence-electron chi connectivity index (χ1n) is 24.6. The second kappa shape index (κ2) is 22.3. The maximum atomic E-state index is 13.6. The van der Waals surface area contributed by atoms with E-state index in [0.29, 0.717) is 69.9 Å². The van der Waals surface area contributed by atoms with Crippen LogP contribution in [0.5, 0.6) is 11.5 Å². The Morgan fingerprint density at radius 2 is 1.20 bits per heavy atom. The van der Waals surface area contributed by atoms with Gasteiger partial charge in [0.2, 0.25) is 29.5 Å². The van der Waals surface area contributed by atoms with Crippen LogP contribution >= 0.6 is 11.6 Å². The number of fused-ring (bicyclic) bond motifs is 6. The summed E-state index contributed by atoms with van der Waals surface area (Å²) < 4.78 is 15.0. The molecule has 2 aromatic heterocycles. The Labute approximate surface area is 437 Å². The molecule has 2 unspecified atom stereocenters. The van der Waals surface area contributed by atoms with E-state index in [4.69, 9.17) is 31.1 Å². The lowest BCUT2D eigenvalue weighted by Crippen LogP contribution is -2.47. The summed E-state index contributed by atoms with van der Waals surface area (Å²) in [4.78, 5) is 77.9. The average Bonchev–Trinajstić information content (AvgIpc) is 4.02. The monoisotopic (exact) mass is 1040 g/mol. The van der Waals surface area contributed by atoms with E-state index in [1.54, 1.807) is 31.3 Å². The Kier molecular flexibility index (Phi) is 15.3. The predicted molar refractivity (Wildman–Crippen MR) is 280 cm³/mol. The lowest BCUT2D eigenvalue weighted by Gasteiger charge is -2.22. The summed E-state index contributed by atoms with van der Waals surface area (Å²) in [6.07, 6.45) is 0.376. The van der Waals surface area contributed by atoms with Crippen LogP contribution in [0.25, 0.3) is 11.4 Å². The van der Waals surface area contributed by atoms with Crippen LogP contribution in [0.1, 0.15) is 90.7 Å². The van der Waals surface area contributed by atoms with Gasteiger partial charge in [0.25, 0.3) is 0 Å². The number of carbonyl (C=O) groups excluding carboxylic acids is 5. The van der Waals surface area contributed by atoms with Gasteiger partial charge in [0.1, 0.15) is 41.3 Å². The molecule has 5 heterocycles. The van der Waals surface area contributed by atoms with E-state index < -0.39 is 29.9 Å². The van der Waals surface area contributed by atoms with E-state index in [1.165, 1.54) is 0 Å². The predicted octanol–water partition coefficient (Wildman–Crippen LogP) is 4.29. The number of aryl methyl sites for hydroxylation is 2. The number of likely N-dealkylation sites (tertiary alicyclic amines) is 1. The van der Waals surface area contributed by atoms with Crippen LogP contribution < -0.4 is 36.1 Å². The normalized spacial score (nSPS) is 17.4. The van der Waals surface area contributed by atoms with Gasteiger partial charge in [-0.15, -0.1) is 20.4 Å². The molecule has 0 spiro atoms. The van der Waals surface area contributed by atoms with E-state index in [1.807, 2.05) is 110 Å². The summed E-state index contributed by atoms with van der Waals surface area (Å²) in [6.45, 7) is 7.81. The summed E-state index contributed by atoms with van der Waals surface area (Å²) in [5, 5.41) is 32.4. The van der Waals surface area contributed by atoms with Crippen molar-refractivity contribution in [2.45, 2.75) is 71.1 Å². The van der Waals surface area contributed by atoms with Crippen molar-refractivity contribution < 1.29 is 33.4 Å². The Morgan fingerprint density at radius 3 is 1.73 bits per heavy atom. The van der Waals surface area contributed by atoms with Gasteiger partial charge in [0.05, 0.1) is 62.9 Å². The van der Waals surface area contributed by atoms with Crippen molar-refractivity contribution in [3.05, 3.63) is 136 Å². The second-order valence-electron chi connectivity index (χ2n) is 18.3. The fourth-order valence-corrected chi connectivity index (χ4v) is 9.73. The van der Waals surface area contributed by atoms with Crippen LogP contribution in [0.3, 0.4) is 0 Å². The molecule has 1 fully saturated rings. The Bertz CT molecular complexity index is 3220. The third-order valence-corrected chi connectivity index (χ3v) is 13.5. The highest BCUT2D eigenvalue weighted by molar-refractivity contribution is 6.30. The van der Waals surface area contributed by atoms with E-state index in [9.17, 15) is 24.0 Å². The molecule has 21 nitrogen and oxygen atoms in total. The van der Waals surface area contributed by atoms with Gasteiger partial charge in [0, 0.05) is 58.6 Å². The number of hydrogen-bond acceptors (Lipinski definition) is 14. The first-order valence-corrected chi connectivity index (χ1v) is 25.0. The van der Waals surface area contributed by atoms with Crippen molar-refractivity contribution >= 4 is 58.2 Å². The molecule has 5 amide bonds. The van der Waals surface area contributed by atoms with Gasteiger partial charge in [-0.3, -0.25) is 43.1 Å². The second-order valence-corrected chi connectivity index (χ2v) is 18.7. The molecule has 3 aliphatic heterocycles. The maximum absolute atomic E-state index is 13.6. The summed E-state index contributed by atoms with van der Waals surface area (Å²) in [6, 6.07) is 23.7. The van der Waals surface area contributed by atoms with Gasteiger partial charge in [-0.2, -0.15) is 0 Å². The molecular weight excluding hydrogens is 980 g/mol. The number of nitrogens with one attached hydrogen (secondary N) is 5. The number of halogens is 1. The number of benzene rings is 4. The number of aliphatic imine (C=N–C) groups is 2. The van der Waals surface area contributed by atoms with Crippen molar-refractivity contribution in [1.29, 1.82) is 0 Å². The molecule has 22 heteroatoms. The molecule has 3 aliphatic rings. The van der Waals surface area contributed by atoms with Crippen LogP contribution in [0.4, 0.5) is 5.69 Å². The molecule has 0 aliphatic carbocycles. The molecule has 0 bridgehead atoms. The van der Waals surface area contributed by atoms with Crippen LogP contribution in [0.2, 0.25) is 5.02 Å². The van der Waals surface area contributed by atoms with Crippen molar-refractivity contribution in [2.24, 2.45) is 9.98 Å². The molecule has 1 saturated heterocycles. The average molecular weight is 1040 g/mol. The number of anilines is 1. The highest BCUT2D eigenvalue weighted by Crippen LogP contribution is 2.36. The third kappa shape index (κ3) is 11.1. The SMILES string of the molecule is CCNC(=O)C[C@@H]1N=C(c2ccc(NCC(=O)NCC(=O)NC3CC(C)N(CCNC(=O)C[C@@H]4N=C(c5ccc(Cl)cc5)c5cc(OC)ccc5-n5c(C)nnc54)C3=O)cc2)c2cc(OC)ccc2-n2c(C)nnc21. The number of carbonyl (C=O) groups is 5. The zero-order chi connectivity index (χ0) is 52.9. The number of methoxy groups -OCH3 is 2. The number of nitrogens with zero attached hydrogens (tertiary/aromatic N) is 9. The van der Waals surface area contributed by atoms with Gasteiger partial charge in [-0.25, -0.2) is 0 Å². The largest absolute Gasteiger partial charge is 0.497 e. The molecule has 388 valence electrons. The number of hydrogen-bond donors (Lipinski definition) is 5. The van der Waals surface area contributed by atoms with Gasteiger partial charge in [0.15, 0.2) is 11.6 Å². The molecule has 0 saturated carbocycles. The van der Waals surface area contributed by atoms with E-state index in [2.05, 4.69) is 47.0 Å². The van der Waals surface area contributed by atoms with E-state index in [0.717, 1.165) is 33.6 Å². The van der Waals surface area contributed by atoms with Crippen molar-refractivity contribution in [2.75, 3.05) is 52.3 Å². The number of amides is 5. The minimum absolute atomic E-state index is 0.0482. The summed E-state index contributed by atoms with van der Waals surface area (Å²) in [5.74, 6) is 1.88. The van der Waals surface area contributed by atoms with Crippen LogP contribution in [0, 0.1) is 13.8 Å². The molecule has 6 aromatic rings. The number of rotatable bonds is 18. The van der Waals surface area contributed by atoms with Gasteiger partial charge in [-0.05, 0) is 94.8 Å². The lowest BCUT2D eigenvalue weighted by molar-refractivity contribution is -0.133. The Hall–Kier alpha value is -8.46. The Morgan fingerprint density at radius 1 is 0.667 bits per heavy atom. The highest BCUT2D eigenvalue weighted by Gasteiger charge is 2.38. The lowest BCUT2D eigenvalue weighted by atomic mass is 9.99. The van der Waals surface area contributed by atoms with E-state index >= 15 is 0 Å². The van der Waals surface area contributed by atoms with Crippen LogP contribution in [0.15, 0.2) is 94.9 Å². The zero-order valence-electron chi connectivity index (χ0n) is 42.3. The molecule has 4 aromatic carbocycles. The molecule has 0 radical (unpaired) electrons. The fourth-order valence-electron chi connectivity index (χ4n) is 9.61. The summed E-state index contributed by atoms with van der Waals surface area (Å²) >= 11 is 6.25. The topological polar surface area (TPSA) is 253 Å². The number of aromatic nitrogens is 6. The van der Waals surface area contributed by atoms with E-state index in [-0.39, 0.29) is 62.8 Å². The fraction of sp³-hybridized carbons (Fsp3) is 0.340. The molecule has 75 heavy (non-hydrogen) atoms. The van der Waals surface area contributed by atoms with Crippen LogP contribution in [-0.4, -0.2) is 134 Å². The highest BCUT2D eigenvalue weighted by atomic mass is 35.5. The summed E-state index contributed by atoms with van der Waals surface area (Å²) in [7, 11) is 3.18. The maximum Gasteiger partial charge on any atom is 0.245 e. The van der Waals surface area contributed by atoms with Gasteiger partial charge in [-0.1, -0.05) is 35.9 Å². The standard InChI is InChI=1S/C53H57ClN14O7/c1-7-55-45(69)25-40-51-64-62-30(3)67(51)44-19-17-37(75-6)24-39(44)50(60-40)33-10-14-35(15-11-33)57-27-47(71)58-28-48(72)59-42-22-29(2)66(53(42)73)21-20-56-46(70)26-41-52-65-63-31(4)68(52)43-18-16-36(74-5)23-38(43)49(61-41)32-8-12-34(54)13-9-32/h8-19,23-24,29,40-42,57H,7,20-22,25-28H2,1-6H3,(H,55,69)(H,56,70)(H,58,71)(H,59,72)/t29?,40-,41-,42?/m0/s1. The minimum atomic E-state index is -0.796. The van der Waals surface area contributed by atoms with Crippen molar-refractivity contribution in [1.82, 2.24) is 55.7 Å². The first-order chi connectivity index (χ1) is 36.2. The first kappa shape index (κ1) is 51.4. The summed E-state index contributed by atoms with van der Waals surface area (Å²) in [5.41, 5.74) is 6.57. The zero-order valence-corrected chi connectivity index (χ0v) is 43.1. The molecule has 5 N–H and O–H groups in total. The Balaban J connectivity index is 0.767. The van der Waals surface area contributed by atoms with Gasteiger partial charge >= 0.3 is 0 Å².